The van der Waals surface area contributed by atoms with E-state index < -0.39 is 12.6 Å². The first-order valence-corrected chi connectivity index (χ1v) is 7.68. The largest absolute Gasteiger partial charge is 0.394 e. The molecule has 0 aliphatic carbocycles. The van der Waals surface area contributed by atoms with E-state index in [4.69, 9.17) is 0 Å². The Balaban J connectivity index is 1.91. The Labute approximate surface area is 141 Å². The Hall–Kier alpha value is -2.73. The highest BCUT2D eigenvalue weighted by molar-refractivity contribution is 5.88. The molecular formula is C18H21N3O3. The van der Waals surface area contributed by atoms with E-state index in [1.54, 1.807) is 31.6 Å². The number of pyridine rings is 1. The molecule has 24 heavy (non-hydrogen) atoms. The van der Waals surface area contributed by atoms with Gasteiger partial charge in [-0.1, -0.05) is 30.3 Å². The number of nitrogens with one attached hydrogen (secondary N) is 1. The average molecular weight is 327 g/mol. The van der Waals surface area contributed by atoms with E-state index in [2.05, 4.69) is 10.3 Å². The van der Waals surface area contributed by atoms with Crippen LogP contribution in [0.2, 0.25) is 0 Å². The van der Waals surface area contributed by atoms with Gasteiger partial charge in [0.2, 0.25) is 11.8 Å². The van der Waals surface area contributed by atoms with Crippen molar-refractivity contribution in [2.75, 3.05) is 13.7 Å². The summed E-state index contributed by atoms with van der Waals surface area (Å²) in [4.78, 5) is 29.8. The van der Waals surface area contributed by atoms with Crippen molar-refractivity contribution < 1.29 is 14.7 Å². The van der Waals surface area contributed by atoms with Crippen molar-refractivity contribution in [3.05, 3.63) is 66.0 Å². The van der Waals surface area contributed by atoms with Crippen LogP contribution < -0.4 is 5.32 Å². The van der Waals surface area contributed by atoms with Crippen molar-refractivity contribution in [2.24, 2.45) is 0 Å². The summed E-state index contributed by atoms with van der Waals surface area (Å²) >= 11 is 0. The number of benzene rings is 1. The van der Waals surface area contributed by atoms with Gasteiger partial charge in [0.25, 0.3) is 0 Å². The molecule has 0 unspecified atom stereocenters. The van der Waals surface area contributed by atoms with Crippen LogP contribution in [0.1, 0.15) is 11.1 Å². The van der Waals surface area contributed by atoms with Crippen LogP contribution in [-0.4, -0.2) is 46.5 Å². The molecule has 0 bridgehead atoms. The van der Waals surface area contributed by atoms with Gasteiger partial charge in [0.05, 0.1) is 13.0 Å². The summed E-state index contributed by atoms with van der Waals surface area (Å²) in [5.41, 5.74) is 1.78. The molecule has 2 N–H and O–H groups in total. The Kier molecular flexibility index (Phi) is 6.45. The predicted molar refractivity (Wildman–Crippen MR) is 89.9 cm³/mol. The maximum Gasteiger partial charge on any atom is 0.247 e. The van der Waals surface area contributed by atoms with Crippen LogP contribution in [0.15, 0.2) is 54.9 Å². The molecule has 2 rings (SSSR count). The van der Waals surface area contributed by atoms with E-state index in [1.165, 1.54) is 4.90 Å². The minimum Gasteiger partial charge on any atom is -0.394 e. The number of carbonyl (C=O) groups is 2. The molecule has 0 saturated heterocycles. The number of rotatable bonds is 7. The Bertz CT molecular complexity index is 662. The fourth-order valence-corrected chi connectivity index (χ4v) is 2.32. The Morgan fingerprint density at radius 2 is 1.79 bits per heavy atom. The third kappa shape index (κ3) is 5.17. The summed E-state index contributed by atoms with van der Waals surface area (Å²) in [6, 6.07) is 12.0. The molecule has 1 atom stereocenters. The van der Waals surface area contributed by atoms with Crippen LogP contribution >= 0.6 is 0 Å². The smallest absolute Gasteiger partial charge is 0.247 e. The van der Waals surface area contributed by atoms with Crippen molar-refractivity contribution in [3.63, 3.8) is 0 Å². The summed E-state index contributed by atoms with van der Waals surface area (Å²) in [6.07, 6.45) is 3.34. The maximum absolute atomic E-state index is 12.4. The molecule has 0 saturated carbocycles. The van der Waals surface area contributed by atoms with Crippen LogP contribution in [0, 0.1) is 0 Å². The first-order valence-electron chi connectivity index (χ1n) is 7.68. The molecule has 126 valence electrons. The quantitative estimate of drug-likeness (QED) is 0.786. The van der Waals surface area contributed by atoms with Gasteiger partial charge in [0.15, 0.2) is 0 Å². The van der Waals surface area contributed by atoms with Crippen LogP contribution in [0.25, 0.3) is 0 Å². The van der Waals surface area contributed by atoms with Gasteiger partial charge in [-0.15, -0.1) is 0 Å². The Morgan fingerprint density at radius 1 is 1.12 bits per heavy atom. The van der Waals surface area contributed by atoms with Crippen LogP contribution in [0.4, 0.5) is 0 Å². The number of aliphatic hydroxyl groups is 1. The number of carbonyl (C=O) groups excluding carboxylic acids is 2. The van der Waals surface area contributed by atoms with Crippen molar-refractivity contribution in [2.45, 2.75) is 19.0 Å². The zero-order valence-corrected chi connectivity index (χ0v) is 13.6. The molecule has 2 amide bonds. The first kappa shape index (κ1) is 17.6. The molecule has 2 aromatic rings. The van der Waals surface area contributed by atoms with Gasteiger partial charge in [0.1, 0.15) is 6.04 Å². The summed E-state index contributed by atoms with van der Waals surface area (Å²) in [5, 5.41) is 12.0. The summed E-state index contributed by atoms with van der Waals surface area (Å²) in [7, 11) is 1.65. The topological polar surface area (TPSA) is 82.5 Å². The van der Waals surface area contributed by atoms with Gasteiger partial charge in [-0.3, -0.25) is 14.6 Å². The van der Waals surface area contributed by atoms with Crippen LogP contribution in [-0.2, 0) is 22.6 Å². The zero-order chi connectivity index (χ0) is 17.4. The summed E-state index contributed by atoms with van der Waals surface area (Å²) in [6.45, 7) is -0.0313. The molecule has 1 heterocycles. The lowest BCUT2D eigenvalue weighted by molar-refractivity contribution is -0.136. The van der Waals surface area contributed by atoms with E-state index in [1.807, 2.05) is 30.3 Å². The number of aromatic nitrogens is 1. The van der Waals surface area contributed by atoms with Gasteiger partial charge < -0.3 is 15.3 Å². The zero-order valence-electron chi connectivity index (χ0n) is 13.6. The van der Waals surface area contributed by atoms with Crippen molar-refractivity contribution in [1.29, 1.82) is 0 Å². The van der Waals surface area contributed by atoms with Crippen LogP contribution in [0.3, 0.4) is 0 Å². The third-order valence-electron chi connectivity index (χ3n) is 3.57. The van der Waals surface area contributed by atoms with Gasteiger partial charge in [-0.2, -0.15) is 0 Å². The number of amides is 2. The lowest BCUT2D eigenvalue weighted by Crippen LogP contribution is -2.49. The monoisotopic (exact) mass is 327 g/mol. The average Bonchev–Trinajstić information content (AvgIpc) is 2.60. The normalized spacial score (nSPS) is 11.6. The summed E-state index contributed by atoms with van der Waals surface area (Å²) < 4.78 is 0. The van der Waals surface area contributed by atoms with Gasteiger partial charge >= 0.3 is 0 Å². The lowest BCUT2D eigenvalue weighted by atomic mass is 10.1. The van der Waals surface area contributed by atoms with Gasteiger partial charge in [-0.25, -0.2) is 0 Å². The summed E-state index contributed by atoms with van der Waals surface area (Å²) in [5.74, 6) is -0.647. The molecule has 1 aromatic heterocycles. The Morgan fingerprint density at radius 3 is 2.42 bits per heavy atom. The lowest BCUT2D eigenvalue weighted by Gasteiger charge is -2.23. The third-order valence-corrected chi connectivity index (χ3v) is 3.57. The standard InChI is InChI=1S/C18H21N3O3/c1-21(12-15-5-3-2-4-6-15)18(24)16(13-22)20-17(23)11-14-7-9-19-10-8-14/h2-10,16,22H,11-13H2,1H3,(H,20,23)/t16-/m0/s1. The second kappa shape index (κ2) is 8.79. The van der Waals surface area contributed by atoms with E-state index in [-0.39, 0.29) is 18.2 Å². The molecule has 0 aliphatic heterocycles. The van der Waals surface area contributed by atoms with Gasteiger partial charge in [0, 0.05) is 26.0 Å². The molecule has 6 nitrogen and oxygen atoms in total. The predicted octanol–water partition coefficient (Wildman–Crippen LogP) is 0.760. The van der Waals surface area contributed by atoms with E-state index in [0.29, 0.717) is 6.54 Å². The fraction of sp³-hybridized carbons (Fsp3) is 0.278. The van der Waals surface area contributed by atoms with E-state index in [0.717, 1.165) is 11.1 Å². The molecule has 0 fully saturated rings. The second-order valence-electron chi connectivity index (χ2n) is 5.51. The highest BCUT2D eigenvalue weighted by Crippen LogP contribution is 2.05. The van der Waals surface area contributed by atoms with Crippen molar-refractivity contribution in [3.8, 4) is 0 Å². The number of nitrogens with zero attached hydrogens (tertiary/aromatic N) is 2. The second-order valence-corrected chi connectivity index (χ2v) is 5.51. The van der Waals surface area contributed by atoms with E-state index in [9.17, 15) is 14.7 Å². The fourth-order valence-electron chi connectivity index (χ4n) is 2.32. The molecule has 6 heteroatoms. The van der Waals surface area contributed by atoms with Gasteiger partial charge in [-0.05, 0) is 23.3 Å². The molecule has 0 spiro atoms. The number of hydrogen-bond donors (Lipinski definition) is 2. The molecule has 0 aliphatic rings. The molecular weight excluding hydrogens is 306 g/mol. The first-order chi connectivity index (χ1) is 11.6. The SMILES string of the molecule is CN(Cc1ccccc1)C(=O)[C@H](CO)NC(=O)Cc1ccncc1. The van der Waals surface area contributed by atoms with Crippen LogP contribution in [0.5, 0.6) is 0 Å². The maximum atomic E-state index is 12.4. The minimum absolute atomic E-state index is 0.134. The number of aliphatic hydroxyl groups excluding tert-OH is 1. The van der Waals surface area contributed by atoms with Crippen molar-refractivity contribution in [1.82, 2.24) is 15.2 Å². The number of hydrogen-bond acceptors (Lipinski definition) is 4. The molecule has 0 radical (unpaired) electrons. The van der Waals surface area contributed by atoms with Crippen molar-refractivity contribution >= 4 is 11.8 Å². The highest BCUT2D eigenvalue weighted by atomic mass is 16.3. The minimum atomic E-state index is -0.951. The van der Waals surface area contributed by atoms with E-state index >= 15 is 0 Å². The number of likely N-dealkylation sites (N-methyl/N-ethyl adjacent to an activating group) is 1. The highest BCUT2D eigenvalue weighted by Gasteiger charge is 2.23. The molecule has 1 aromatic carbocycles.